The van der Waals surface area contributed by atoms with Gasteiger partial charge in [-0.15, -0.1) is 0 Å². The third-order valence-corrected chi connectivity index (χ3v) is 7.18. The van der Waals surface area contributed by atoms with Gasteiger partial charge in [-0.1, -0.05) is 65.0 Å². The van der Waals surface area contributed by atoms with E-state index in [0.29, 0.717) is 19.6 Å². The summed E-state index contributed by atoms with van der Waals surface area (Å²) in [4.78, 5) is 43.5. The highest BCUT2D eigenvalue weighted by Gasteiger charge is 2.40. The Balaban J connectivity index is 2.20. The average molecular weight is 487 g/mol. The molecule has 0 unspecified atom stereocenters. The van der Waals surface area contributed by atoms with Crippen LogP contribution in [0.25, 0.3) is 0 Å². The van der Waals surface area contributed by atoms with Crippen LogP contribution in [0.2, 0.25) is 0 Å². The second kappa shape index (κ2) is 13.1. The number of rotatable bonds is 11. The van der Waals surface area contributed by atoms with Gasteiger partial charge in [0.05, 0.1) is 6.04 Å². The van der Waals surface area contributed by atoms with Gasteiger partial charge in [-0.05, 0) is 50.6 Å². The number of likely N-dealkylation sites (tertiary alicyclic amines) is 1. The number of carbonyl (C=O) groups is 3. The normalized spacial score (nSPS) is 18.6. The van der Waals surface area contributed by atoms with Gasteiger partial charge in [0, 0.05) is 31.6 Å². The molecule has 1 aliphatic heterocycles. The highest BCUT2D eigenvalue weighted by atomic mass is 16.2. The highest BCUT2D eigenvalue weighted by molar-refractivity contribution is 5.90. The van der Waals surface area contributed by atoms with Gasteiger partial charge in [0.25, 0.3) is 0 Å². The van der Waals surface area contributed by atoms with Crippen molar-refractivity contribution < 1.29 is 14.4 Å². The first-order chi connectivity index (χ1) is 16.5. The lowest BCUT2D eigenvalue weighted by atomic mass is 9.85. The molecule has 1 saturated heterocycles. The van der Waals surface area contributed by atoms with Crippen LogP contribution < -0.4 is 10.6 Å². The Morgan fingerprint density at radius 2 is 1.80 bits per heavy atom. The predicted octanol–water partition coefficient (Wildman–Crippen LogP) is 3.23. The van der Waals surface area contributed by atoms with Crippen LogP contribution in [0.15, 0.2) is 30.3 Å². The molecule has 35 heavy (non-hydrogen) atoms. The molecular weight excluding hydrogens is 440 g/mol. The van der Waals surface area contributed by atoms with E-state index in [4.69, 9.17) is 0 Å². The predicted molar refractivity (Wildman–Crippen MR) is 141 cm³/mol. The Kier molecular flexibility index (Phi) is 10.7. The number of likely N-dealkylation sites (N-methyl/N-ethyl adjacent to an activating group) is 1. The minimum Gasteiger partial charge on any atom is -0.342 e. The maximum atomic E-state index is 13.8. The number of nitrogens with one attached hydrogen (secondary N) is 2. The van der Waals surface area contributed by atoms with Gasteiger partial charge >= 0.3 is 0 Å². The second-order valence-corrected chi connectivity index (χ2v) is 11.0. The Bertz CT molecular complexity index is 836. The minimum atomic E-state index is -0.630. The van der Waals surface area contributed by atoms with E-state index in [1.54, 1.807) is 14.0 Å². The molecule has 1 heterocycles. The standard InChI is InChI=1S/C28H46N4O3/c1-8-20(2)26(34)31(18-16-22-13-10-9-11-14-22)19-23-15-12-17-32(23)27(35)24(28(4,5)6)30-25(33)21(3)29-7/h9-11,13-14,20-21,23-24,29H,8,12,15-19H2,1-7H3,(H,30,33)/t20-,21-,23-,24+/m0/s1. The number of nitrogens with zero attached hydrogens (tertiary/aromatic N) is 2. The third-order valence-electron chi connectivity index (χ3n) is 7.18. The van der Waals surface area contributed by atoms with E-state index in [0.717, 1.165) is 25.7 Å². The van der Waals surface area contributed by atoms with Gasteiger partial charge in [0.15, 0.2) is 0 Å². The molecule has 0 radical (unpaired) electrons. The third kappa shape index (κ3) is 8.06. The van der Waals surface area contributed by atoms with Crippen molar-refractivity contribution in [2.45, 2.75) is 85.4 Å². The zero-order valence-corrected chi connectivity index (χ0v) is 22.8. The molecule has 0 saturated carbocycles. The van der Waals surface area contributed by atoms with Crippen LogP contribution in [0.5, 0.6) is 0 Å². The molecule has 0 bridgehead atoms. The van der Waals surface area contributed by atoms with Crippen molar-refractivity contribution in [3.05, 3.63) is 35.9 Å². The second-order valence-electron chi connectivity index (χ2n) is 11.0. The fourth-order valence-corrected chi connectivity index (χ4v) is 4.47. The number of benzene rings is 1. The van der Waals surface area contributed by atoms with E-state index in [1.807, 2.05) is 62.6 Å². The first kappa shape index (κ1) is 28.8. The van der Waals surface area contributed by atoms with E-state index >= 15 is 0 Å². The van der Waals surface area contributed by atoms with Crippen LogP contribution in [0.4, 0.5) is 0 Å². The summed E-state index contributed by atoms with van der Waals surface area (Å²) in [6, 6.07) is 9.13. The first-order valence-corrected chi connectivity index (χ1v) is 13.1. The lowest BCUT2D eigenvalue weighted by Crippen LogP contribution is -2.59. The van der Waals surface area contributed by atoms with Gasteiger partial charge < -0.3 is 20.4 Å². The largest absolute Gasteiger partial charge is 0.342 e. The summed E-state index contributed by atoms with van der Waals surface area (Å²) < 4.78 is 0. The Hall–Kier alpha value is -2.41. The fraction of sp³-hybridized carbons (Fsp3) is 0.679. The average Bonchev–Trinajstić information content (AvgIpc) is 3.31. The molecular formula is C28H46N4O3. The van der Waals surface area contributed by atoms with Crippen molar-refractivity contribution in [2.24, 2.45) is 11.3 Å². The number of hydrogen-bond donors (Lipinski definition) is 2. The van der Waals surface area contributed by atoms with Gasteiger partial charge in [-0.25, -0.2) is 0 Å². The monoisotopic (exact) mass is 486 g/mol. The summed E-state index contributed by atoms with van der Waals surface area (Å²) in [6.07, 6.45) is 3.33. The lowest BCUT2D eigenvalue weighted by Gasteiger charge is -2.38. The van der Waals surface area contributed by atoms with Crippen LogP contribution >= 0.6 is 0 Å². The SMILES string of the molecule is CC[C@H](C)C(=O)N(CCc1ccccc1)C[C@@H]1CCCN1C(=O)[C@@H](NC(=O)[C@H](C)NC)C(C)(C)C. The molecule has 196 valence electrons. The molecule has 0 aliphatic carbocycles. The molecule has 0 aromatic heterocycles. The summed E-state index contributed by atoms with van der Waals surface area (Å²) in [6.45, 7) is 13.5. The maximum Gasteiger partial charge on any atom is 0.246 e. The summed E-state index contributed by atoms with van der Waals surface area (Å²) in [7, 11) is 1.73. The van der Waals surface area contributed by atoms with E-state index in [1.165, 1.54) is 5.56 Å². The molecule has 7 heteroatoms. The van der Waals surface area contributed by atoms with Gasteiger partial charge in [-0.2, -0.15) is 0 Å². The topological polar surface area (TPSA) is 81.8 Å². The van der Waals surface area contributed by atoms with E-state index in [2.05, 4.69) is 22.8 Å². The van der Waals surface area contributed by atoms with E-state index in [9.17, 15) is 14.4 Å². The van der Waals surface area contributed by atoms with Crippen molar-refractivity contribution in [1.82, 2.24) is 20.4 Å². The summed E-state index contributed by atoms with van der Waals surface area (Å²) >= 11 is 0. The molecule has 1 aromatic rings. The van der Waals surface area contributed by atoms with Crippen LogP contribution in [0, 0.1) is 11.3 Å². The van der Waals surface area contributed by atoms with E-state index in [-0.39, 0.29) is 35.7 Å². The van der Waals surface area contributed by atoms with Gasteiger partial charge in [0.2, 0.25) is 17.7 Å². The van der Waals surface area contributed by atoms with Crippen molar-refractivity contribution >= 4 is 17.7 Å². The number of carbonyl (C=O) groups excluding carboxylic acids is 3. The summed E-state index contributed by atoms with van der Waals surface area (Å²) in [5.41, 5.74) is 0.760. The molecule has 1 fully saturated rings. The summed E-state index contributed by atoms with van der Waals surface area (Å²) in [5.74, 6) is -0.157. The van der Waals surface area contributed by atoms with Crippen LogP contribution in [-0.4, -0.2) is 72.3 Å². The Labute approximate surface area is 212 Å². The zero-order valence-electron chi connectivity index (χ0n) is 22.8. The first-order valence-electron chi connectivity index (χ1n) is 13.1. The molecule has 0 spiro atoms. The van der Waals surface area contributed by atoms with Crippen molar-refractivity contribution in [2.75, 3.05) is 26.7 Å². The fourth-order valence-electron chi connectivity index (χ4n) is 4.47. The molecule has 1 aliphatic rings. The molecule has 7 nitrogen and oxygen atoms in total. The lowest BCUT2D eigenvalue weighted by molar-refractivity contribution is -0.142. The zero-order chi connectivity index (χ0) is 26.2. The molecule has 4 atom stereocenters. The van der Waals surface area contributed by atoms with Gasteiger partial charge in [-0.3, -0.25) is 14.4 Å². The quantitative estimate of drug-likeness (QED) is 0.503. The van der Waals surface area contributed by atoms with Crippen LogP contribution in [0.1, 0.15) is 66.4 Å². The highest BCUT2D eigenvalue weighted by Crippen LogP contribution is 2.27. The summed E-state index contributed by atoms with van der Waals surface area (Å²) in [5, 5.41) is 5.92. The minimum absolute atomic E-state index is 0.0465. The van der Waals surface area contributed by atoms with Crippen LogP contribution in [0.3, 0.4) is 0 Å². The van der Waals surface area contributed by atoms with Crippen molar-refractivity contribution in [3.63, 3.8) is 0 Å². The van der Waals surface area contributed by atoms with Crippen LogP contribution in [-0.2, 0) is 20.8 Å². The number of hydrogen-bond acceptors (Lipinski definition) is 4. The Morgan fingerprint density at radius 3 is 2.37 bits per heavy atom. The molecule has 2 rings (SSSR count). The Morgan fingerprint density at radius 1 is 1.14 bits per heavy atom. The number of amides is 3. The molecule has 1 aromatic carbocycles. The van der Waals surface area contributed by atoms with Gasteiger partial charge in [0.1, 0.15) is 6.04 Å². The van der Waals surface area contributed by atoms with Crippen molar-refractivity contribution in [3.8, 4) is 0 Å². The molecule has 2 N–H and O–H groups in total. The maximum absolute atomic E-state index is 13.8. The van der Waals surface area contributed by atoms with E-state index < -0.39 is 11.5 Å². The van der Waals surface area contributed by atoms with Crippen molar-refractivity contribution in [1.29, 1.82) is 0 Å². The molecule has 3 amide bonds. The smallest absolute Gasteiger partial charge is 0.246 e.